The topological polar surface area (TPSA) is 83.6 Å². The fraction of sp³-hybridized carbons (Fsp3) is 0.458. The van der Waals surface area contributed by atoms with Crippen LogP contribution in [0, 0.1) is 11.7 Å². The molecule has 0 spiro atoms. The van der Waals surface area contributed by atoms with Gasteiger partial charge in [-0.25, -0.2) is 14.9 Å². The summed E-state index contributed by atoms with van der Waals surface area (Å²) < 4.78 is 13.1. The molecule has 1 saturated heterocycles. The number of carbonyl (C=O) groups is 2. The standard InChI is InChI=1S/C24H31FN4O3/c1-2-3-10-19(15-27-32-17-18-8-5-4-6-9-18)24(31)29-14-7-11-21(29)23(30)28-22-13-12-20(25)16-26-22/h4-6,8-9,12-13,16,19,21,27H,2-3,7,10-11,14-15,17H2,1H3,(H,26,28,30)/t19-,21?/m1/s1. The highest BCUT2D eigenvalue weighted by Gasteiger charge is 2.37. The van der Waals surface area contributed by atoms with E-state index in [-0.39, 0.29) is 23.6 Å². The van der Waals surface area contributed by atoms with Crippen molar-refractivity contribution in [2.75, 3.05) is 18.4 Å². The molecule has 32 heavy (non-hydrogen) atoms. The number of carbonyl (C=O) groups excluding carboxylic acids is 2. The molecule has 2 aromatic rings. The Kier molecular flexibility index (Phi) is 9.13. The molecule has 2 heterocycles. The van der Waals surface area contributed by atoms with E-state index < -0.39 is 11.9 Å². The van der Waals surface area contributed by atoms with Crippen molar-refractivity contribution in [2.45, 2.75) is 51.7 Å². The van der Waals surface area contributed by atoms with Crippen molar-refractivity contribution in [1.29, 1.82) is 0 Å². The quantitative estimate of drug-likeness (QED) is 0.410. The summed E-state index contributed by atoms with van der Waals surface area (Å²) in [5.74, 6) is -0.810. The van der Waals surface area contributed by atoms with Gasteiger partial charge < -0.3 is 10.2 Å². The maximum atomic E-state index is 13.3. The predicted molar refractivity (Wildman–Crippen MR) is 120 cm³/mol. The molecule has 2 N–H and O–H groups in total. The number of rotatable bonds is 11. The maximum absolute atomic E-state index is 13.3. The highest BCUT2D eigenvalue weighted by molar-refractivity contribution is 5.97. The van der Waals surface area contributed by atoms with Crippen LogP contribution in [0.2, 0.25) is 0 Å². The van der Waals surface area contributed by atoms with Crippen LogP contribution in [0.5, 0.6) is 0 Å². The number of benzene rings is 1. The van der Waals surface area contributed by atoms with Gasteiger partial charge in [0.1, 0.15) is 17.7 Å². The van der Waals surface area contributed by atoms with E-state index in [4.69, 9.17) is 4.84 Å². The molecule has 1 aromatic heterocycles. The molecule has 7 nitrogen and oxygen atoms in total. The van der Waals surface area contributed by atoms with Gasteiger partial charge in [-0.1, -0.05) is 50.1 Å². The Morgan fingerprint density at radius 2 is 2.06 bits per heavy atom. The number of anilines is 1. The van der Waals surface area contributed by atoms with Gasteiger partial charge in [-0.05, 0) is 37.0 Å². The second-order valence-corrected chi connectivity index (χ2v) is 8.00. The third-order valence-electron chi connectivity index (χ3n) is 5.59. The van der Waals surface area contributed by atoms with Gasteiger partial charge in [0.25, 0.3) is 0 Å². The van der Waals surface area contributed by atoms with Gasteiger partial charge in [-0.15, -0.1) is 0 Å². The van der Waals surface area contributed by atoms with Crippen molar-refractivity contribution in [1.82, 2.24) is 15.4 Å². The van der Waals surface area contributed by atoms with Crippen LogP contribution in [0.15, 0.2) is 48.7 Å². The lowest BCUT2D eigenvalue weighted by molar-refractivity contribution is -0.141. The number of nitrogens with zero attached hydrogens (tertiary/aromatic N) is 2. The number of amides is 2. The largest absolute Gasteiger partial charge is 0.330 e. The first-order valence-electron chi connectivity index (χ1n) is 11.2. The van der Waals surface area contributed by atoms with Crippen molar-refractivity contribution in [3.8, 4) is 0 Å². The lowest BCUT2D eigenvalue weighted by Gasteiger charge is -2.28. The van der Waals surface area contributed by atoms with Crippen molar-refractivity contribution < 1.29 is 18.8 Å². The Morgan fingerprint density at radius 1 is 1.25 bits per heavy atom. The van der Waals surface area contributed by atoms with Gasteiger partial charge in [0.2, 0.25) is 11.8 Å². The van der Waals surface area contributed by atoms with Crippen LogP contribution in [0.3, 0.4) is 0 Å². The van der Waals surface area contributed by atoms with Crippen molar-refractivity contribution in [3.63, 3.8) is 0 Å². The van der Waals surface area contributed by atoms with Gasteiger partial charge in [-0.3, -0.25) is 14.4 Å². The van der Waals surface area contributed by atoms with E-state index in [2.05, 4.69) is 22.7 Å². The average Bonchev–Trinajstić information content (AvgIpc) is 3.30. The minimum atomic E-state index is -0.552. The van der Waals surface area contributed by atoms with Gasteiger partial charge >= 0.3 is 0 Å². The average molecular weight is 443 g/mol. The second-order valence-electron chi connectivity index (χ2n) is 8.00. The van der Waals surface area contributed by atoms with E-state index in [0.717, 1.165) is 37.4 Å². The van der Waals surface area contributed by atoms with Crippen LogP contribution in [0.1, 0.15) is 44.6 Å². The van der Waals surface area contributed by atoms with Crippen molar-refractivity contribution in [3.05, 3.63) is 60.0 Å². The number of nitrogens with one attached hydrogen (secondary N) is 2. The molecule has 1 aliphatic heterocycles. The minimum Gasteiger partial charge on any atom is -0.330 e. The van der Waals surface area contributed by atoms with E-state index in [1.165, 1.54) is 12.1 Å². The molecule has 1 aromatic carbocycles. The molecule has 1 unspecified atom stereocenters. The zero-order valence-corrected chi connectivity index (χ0v) is 18.4. The fourth-order valence-electron chi connectivity index (χ4n) is 3.83. The van der Waals surface area contributed by atoms with Crippen LogP contribution >= 0.6 is 0 Å². The number of aromatic nitrogens is 1. The van der Waals surface area contributed by atoms with E-state index in [9.17, 15) is 14.0 Å². The first kappa shape index (κ1) is 23.8. The Balaban J connectivity index is 1.56. The number of hydrogen-bond donors (Lipinski definition) is 2. The molecular weight excluding hydrogens is 411 g/mol. The molecule has 3 rings (SSSR count). The predicted octanol–water partition coefficient (Wildman–Crippen LogP) is 3.68. The van der Waals surface area contributed by atoms with E-state index in [0.29, 0.717) is 26.1 Å². The molecule has 0 aliphatic carbocycles. The molecule has 0 radical (unpaired) electrons. The molecule has 2 atom stereocenters. The molecule has 172 valence electrons. The van der Waals surface area contributed by atoms with Crippen molar-refractivity contribution >= 4 is 17.6 Å². The smallest absolute Gasteiger partial charge is 0.248 e. The van der Waals surface area contributed by atoms with Crippen molar-refractivity contribution in [2.24, 2.45) is 5.92 Å². The zero-order chi connectivity index (χ0) is 22.8. The van der Waals surface area contributed by atoms with E-state index >= 15 is 0 Å². The number of pyridine rings is 1. The first-order valence-corrected chi connectivity index (χ1v) is 11.2. The summed E-state index contributed by atoms with van der Waals surface area (Å²) in [4.78, 5) is 37.2. The van der Waals surface area contributed by atoms with Gasteiger partial charge in [0.05, 0.1) is 18.7 Å². The zero-order valence-electron chi connectivity index (χ0n) is 18.4. The monoisotopic (exact) mass is 442 g/mol. The second kappa shape index (κ2) is 12.3. The molecule has 2 amide bonds. The highest BCUT2D eigenvalue weighted by atomic mass is 19.1. The lowest BCUT2D eigenvalue weighted by Crippen LogP contribution is -2.47. The Morgan fingerprint density at radius 3 is 2.78 bits per heavy atom. The maximum Gasteiger partial charge on any atom is 0.248 e. The third-order valence-corrected chi connectivity index (χ3v) is 5.59. The summed E-state index contributed by atoms with van der Waals surface area (Å²) in [5.41, 5.74) is 3.99. The molecule has 1 aliphatic rings. The van der Waals surface area contributed by atoms with E-state index in [1.807, 2.05) is 30.3 Å². The summed E-state index contributed by atoms with van der Waals surface area (Å²) in [5, 5.41) is 2.70. The summed E-state index contributed by atoms with van der Waals surface area (Å²) in [6, 6.07) is 11.9. The molecule has 0 saturated carbocycles. The Bertz CT molecular complexity index is 863. The number of hydroxylamine groups is 1. The fourth-order valence-corrected chi connectivity index (χ4v) is 3.83. The number of halogens is 1. The van der Waals surface area contributed by atoms with Crippen LogP contribution in [-0.4, -0.2) is 40.8 Å². The number of unbranched alkanes of at least 4 members (excludes halogenated alkanes) is 1. The minimum absolute atomic E-state index is 0.0426. The normalized spacial score (nSPS) is 16.7. The van der Waals surface area contributed by atoms with Crippen LogP contribution in [0.4, 0.5) is 10.2 Å². The summed E-state index contributed by atoms with van der Waals surface area (Å²) in [7, 11) is 0. The molecule has 8 heteroatoms. The van der Waals surface area contributed by atoms with Crippen LogP contribution in [0.25, 0.3) is 0 Å². The number of likely N-dealkylation sites (tertiary alicyclic amines) is 1. The first-order chi connectivity index (χ1) is 15.6. The molecular formula is C24H31FN4O3. The summed E-state index contributed by atoms with van der Waals surface area (Å²) in [6.07, 6.45) is 5.03. The van der Waals surface area contributed by atoms with Crippen LogP contribution < -0.4 is 10.8 Å². The van der Waals surface area contributed by atoms with Gasteiger partial charge in [-0.2, -0.15) is 0 Å². The lowest BCUT2D eigenvalue weighted by atomic mass is 10.00. The number of hydrogen-bond acceptors (Lipinski definition) is 5. The van der Waals surface area contributed by atoms with Gasteiger partial charge in [0, 0.05) is 13.1 Å². The van der Waals surface area contributed by atoms with Crippen LogP contribution in [-0.2, 0) is 21.0 Å². The highest BCUT2D eigenvalue weighted by Crippen LogP contribution is 2.23. The van der Waals surface area contributed by atoms with E-state index in [1.54, 1.807) is 4.90 Å². The Hall–Kier alpha value is -2.84. The third kappa shape index (κ3) is 6.83. The van der Waals surface area contributed by atoms with Gasteiger partial charge in [0.15, 0.2) is 0 Å². The SMILES string of the molecule is CCCC[C@H](CNOCc1ccccc1)C(=O)N1CCCC1C(=O)Nc1ccc(F)cn1. The summed E-state index contributed by atoms with van der Waals surface area (Å²) in [6.45, 7) is 3.43. The molecule has 1 fully saturated rings. The Labute approximate surface area is 188 Å². The summed E-state index contributed by atoms with van der Waals surface area (Å²) >= 11 is 0. The molecule has 0 bridgehead atoms.